The number of ether oxygens (including phenoxy) is 1. The summed E-state index contributed by atoms with van der Waals surface area (Å²) in [4.78, 5) is 19.8. The fourth-order valence-corrected chi connectivity index (χ4v) is 0.407. The van der Waals surface area contributed by atoms with Crippen molar-refractivity contribution in [1.29, 1.82) is 0 Å². The van der Waals surface area contributed by atoms with Crippen LogP contribution in [0.25, 0.3) is 0 Å². The molecule has 0 unspecified atom stereocenters. The molecule has 0 N–H and O–H groups in total. The van der Waals surface area contributed by atoms with Crippen LogP contribution in [-0.4, -0.2) is 18.9 Å². The molecule has 0 saturated heterocycles. The molecule has 0 aliphatic rings. The first-order chi connectivity index (χ1) is 5.40. The Morgan fingerprint density at radius 1 is 1.08 bits per heavy atom. The summed E-state index contributed by atoms with van der Waals surface area (Å²) in [6.45, 7) is 6.72. The van der Waals surface area contributed by atoms with Gasteiger partial charge in [-0.2, -0.15) is 0 Å². The molecule has 12 heavy (non-hydrogen) atoms. The van der Waals surface area contributed by atoms with Crippen LogP contribution in [0.1, 0.15) is 27.7 Å². The third-order valence-electron chi connectivity index (χ3n) is 0.779. The van der Waals surface area contributed by atoms with Gasteiger partial charge in [0.2, 0.25) is 0 Å². The zero-order chi connectivity index (χ0) is 10.1. The number of methoxy groups -OCH3 is 1. The number of rotatable bonds is 1. The lowest BCUT2D eigenvalue weighted by molar-refractivity contribution is -0.137. The topological polar surface area (TPSA) is 43.4 Å². The van der Waals surface area contributed by atoms with Crippen LogP contribution in [0.2, 0.25) is 0 Å². The van der Waals surface area contributed by atoms with Gasteiger partial charge >= 0.3 is 5.97 Å². The van der Waals surface area contributed by atoms with E-state index in [9.17, 15) is 9.59 Å². The quantitative estimate of drug-likeness (QED) is 0.447. The summed E-state index contributed by atoms with van der Waals surface area (Å²) in [7, 11) is 1.35. The summed E-state index contributed by atoms with van der Waals surface area (Å²) in [5.41, 5.74) is 1.06. The van der Waals surface area contributed by atoms with Crippen molar-refractivity contribution in [3.05, 3.63) is 11.6 Å². The minimum absolute atomic E-state index is 0.125. The molecule has 0 fully saturated rings. The van der Waals surface area contributed by atoms with E-state index in [0.29, 0.717) is 0 Å². The number of hydrogen-bond acceptors (Lipinski definition) is 3. The van der Waals surface area contributed by atoms with Gasteiger partial charge in [0.05, 0.1) is 7.11 Å². The minimum Gasteiger partial charge on any atom is -0.469 e. The molecule has 0 rings (SSSR count). The van der Waals surface area contributed by atoms with Crippen LogP contribution < -0.4 is 0 Å². The summed E-state index contributed by atoms with van der Waals surface area (Å²) < 4.78 is 4.11. The first-order valence-electron chi connectivity index (χ1n) is 3.60. The van der Waals surface area contributed by atoms with Crippen LogP contribution in [-0.2, 0) is 14.3 Å². The van der Waals surface area contributed by atoms with E-state index in [1.54, 1.807) is 13.0 Å². The molecule has 3 heteroatoms. The molecule has 0 atom stereocenters. The van der Waals surface area contributed by atoms with Crippen molar-refractivity contribution in [2.75, 3.05) is 7.11 Å². The molecule has 0 aromatic heterocycles. The first kappa shape index (κ1) is 13.5. The van der Waals surface area contributed by atoms with E-state index >= 15 is 0 Å². The van der Waals surface area contributed by atoms with Crippen molar-refractivity contribution in [2.24, 2.45) is 0 Å². The molecule has 0 spiro atoms. The predicted octanol–water partition coefficient (Wildman–Crippen LogP) is 1.72. The molecule has 0 bridgehead atoms. The SMILES string of the molecule is CC(=O)C=C(C)C.COC(C)=O. The summed E-state index contributed by atoms with van der Waals surface area (Å²) in [5.74, 6) is -0.120. The zero-order valence-corrected chi connectivity index (χ0v) is 8.30. The van der Waals surface area contributed by atoms with E-state index in [1.165, 1.54) is 14.0 Å². The zero-order valence-electron chi connectivity index (χ0n) is 8.30. The third kappa shape index (κ3) is 23.2. The smallest absolute Gasteiger partial charge is 0.302 e. The highest BCUT2D eigenvalue weighted by molar-refractivity contribution is 5.87. The van der Waals surface area contributed by atoms with Gasteiger partial charge < -0.3 is 4.74 Å². The maximum atomic E-state index is 10.2. The number of carbonyl (C=O) groups is 2. The Kier molecular flexibility index (Phi) is 8.96. The summed E-state index contributed by atoms with van der Waals surface area (Å²) in [6, 6.07) is 0. The molecule has 0 amide bonds. The molecule has 0 saturated carbocycles. The average Bonchev–Trinajstić information content (AvgIpc) is 1.85. The molecule has 0 aromatic carbocycles. The van der Waals surface area contributed by atoms with Gasteiger partial charge in [-0.1, -0.05) is 5.57 Å². The maximum absolute atomic E-state index is 10.2. The van der Waals surface area contributed by atoms with E-state index in [1.807, 2.05) is 13.8 Å². The van der Waals surface area contributed by atoms with Crippen LogP contribution in [0.5, 0.6) is 0 Å². The van der Waals surface area contributed by atoms with Crippen molar-refractivity contribution in [2.45, 2.75) is 27.7 Å². The Labute approximate surface area is 73.4 Å². The van der Waals surface area contributed by atoms with Crippen molar-refractivity contribution in [1.82, 2.24) is 0 Å². The van der Waals surface area contributed by atoms with E-state index < -0.39 is 0 Å². The van der Waals surface area contributed by atoms with Gasteiger partial charge in [0, 0.05) is 6.92 Å². The molecule has 0 heterocycles. The monoisotopic (exact) mass is 172 g/mol. The maximum Gasteiger partial charge on any atom is 0.302 e. The lowest BCUT2D eigenvalue weighted by Crippen LogP contribution is -1.88. The normalized spacial score (nSPS) is 7.42. The molecule has 70 valence electrons. The molecule has 0 aromatic rings. The number of carbonyl (C=O) groups excluding carboxylic acids is 2. The summed E-state index contributed by atoms with van der Waals surface area (Å²) in [5, 5.41) is 0. The lowest BCUT2D eigenvalue weighted by Gasteiger charge is -1.80. The Balaban J connectivity index is 0. The van der Waals surface area contributed by atoms with Crippen molar-refractivity contribution in [3.63, 3.8) is 0 Å². The van der Waals surface area contributed by atoms with Gasteiger partial charge in [-0.15, -0.1) is 0 Å². The lowest BCUT2D eigenvalue weighted by atomic mass is 10.3. The third-order valence-corrected chi connectivity index (χ3v) is 0.779. The average molecular weight is 172 g/mol. The number of allylic oxidation sites excluding steroid dienone is 2. The van der Waals surface area contributed by atoms with Gasteiger partial charge in [0.1, 0.15) is 0 Å². The van der Waals surface area contributed by atoms with Crippen LogP contribution in [0.3, 0.4) is 0 Å². The van der Waals surface area contributed by atoms with Gasteiger partial charge in [-0.25, -0.2) is 0 Å². The molecule has 0 aliphatic carbocycles. The van der Waals surface area contributed by atoms with Gasteiger partial charge in [-0.3, -0.25) is 9.59 Å². The van der Waals surface area contributed by atoms with Crippen LogP contribution in [0.4, 0.5) is 0 Å². The van der Waals surface area contributed by atoms with Crippen molar-refractivity contribution in [3.8, 4) is 0 Å². The molecular formula is C9H16O3. The first-order valence-corrected chi connectivity index (χ1v) is 3.60. The number of ketones is 1. The van der Waals surface area contributed by atoms with E-state index in [2.05, 4.69) is 4.74 Å². The van der Waals surface area contributed by atoms with E-state index in [4.69, 9.17) is 0 Å². The molecule has 3 nitrogen and oxygen atoms in total. The minimum atomic E-state index is -0.245. The van der Waals surface area contributed by atoms with E-state index in [-0.39, 0.29) is 11.8 Å². The van der Waals surface area contributed by atoms with Gasteiger partial charge in [0.25, 0.3) is 0 Å². The van der Waals surface area contributed by atoms with Crippen LogP contribution >= 0.6 is 0 Å². The van der Waals surface area contributed by atoms with Gasteiger partial charge in [-0.05, 0) is 26.8 Å². The Bertz CT molecular complexity index is 176. The van der Waals surface area contributed by atoms with Crippen molar-refractivity contribution >= 4 is 11.8 Å². The molecule has 0 aliphatic heterocycles. The van der Waals surface area contributed by atoms with Crippen LogP contribution in [0.15, 0.2) is 11.6 Å². The Morgan fingerprint density at radius 3 is 1.42 bits per heavy atom. The Hall–Kier alpha value is -1.12. The van der Waals surface area contributed by atoms with Crippen molar-refractivity contribution < 1.29 is 14.3 Å². The fraction of sp³-hybridized carbons (Fsp3) is 0.556. The second-order valence-corrected chi connectivity index (χ2v) is 2.53. The largest absolute Gasteiger partial charge is 0.469 e. The summed E-state index contributed by atoms with van der Waals surface area (Å²) in [6.07, 6.45) is 1.61. The van der Waals surface area contributed by atoms with E-state index in [0.717, 1.165) is 5.57 Å². The fourth-order valence-electron chi connectivity index (χ4n) is 0.407. The van der Waals surface area contributed by atoms with Crippen LogP contribution in [0, 0.1) is 0 Å². The Morgan fingerprint density at radius 2 is 1.42 bits per heavy atom. The molecule has 0 radical (unpaired) electrons. The second kappa shape index (κ2) is 7.98. The summed E-state index contributed by atoms with van der Waals surface area (Å²) >= 11 is 0. The highest BCUT2D eigenvalue weighted by atomic mass is 16.5. The second-order valence-electron chi connectivity index (χ2n) is 2.53. The number of hydrogen-bond donors (Lipinski definition) is 0. The predicted molar refractivity (Wildman–Crippen MR) is 47.8 cm³/mol. The molecular weight excluding hydrogens is 156 g/mol. The number of esters is 1. The standard InChI is InChI=1S/C6H10O.C3H6O2/c1-5(2)4-6(3)7;1-3(4)5-2/h4H,1-3H3;1-2H3. The van der Waals surface area contributed by atoms with Gasteiger partial charge in [0.15, 0.2) is 5.78 Å². The highest BCUT2D eigenvalue weighted by Crippen LogP contribution is 1.86. The highest BCUT2D eigenvalue weighted by Gasteiger charge is 1.80.